The number of benzene rings is 1. The lowest BCUT2D eigenvalue weighted by Crippen LogP contribution is -2.12. The van der Waals surface area contributed by atoms with E-state index in [1.807, 2.05) is 0 Å². The number of alkyl halides is 1. The second kappa shape index (κ2) is 3.49. The third-order valence-electron chi connectivity index (χ3n) is 1.73. The molecule has 0 saturated carbocycles. The van der Waals surface area contributed by atoms with Crippen LogP contribution in [-0.2, 0) is 0 Å². The van der Waals surface area contributed by atoms with E-state index in [0.29, 0.717) is 0 Å². The van der Waals surface area contributed by atoms with Gasteiger partial charge in [0.25, 0.3) is 0 Å². The summed E-state index contributed by atoms with van der Waals surface area (Å²) in [6.45, 7) is -0.849. The molecule has 5 heteroatoms. The summed E-state index contributed by atoms with van der Waals surface area (Å²) in [7, 11) is 0. The van der Waals surface area contributed by atoms with E-state index >= 15 is 0 Å². The molecule has 5 N–H and O–H groups in total. The van der Waals surface area contributed by atoms with Crippen LogP contribution in [0.5, 0.6) is 17.2 Å². The van der Waals surface area contributed by atoms with E-state index in [0.717, 1.165) is 6.07 Å². The van der Waals surface area contributed by atoms with Gasteiger partial charge in [-0.2, -0.15) is 0 Å². The first-order valence-corrected chi connectivity index (χ1v) is 3.63. The molecule has 4 nitrogen and oxygen atoms in total. The summed E-state index contributed by atoms with van der Waals surface area (Å²) in [6.07, 6.45) is 0. The van der Waals surface area contributed by atoms with Crippen LogP contribution in [0.2, 0.25) is 0 Å². The normalized spacial score (nSPS) is 12.8. The summed E-state index contributed by atoms with van der Waals surface area (Å²) < 4.78 is 12.1. The topological polar surface area (TPSA) is 86.7 Å². The van der Waals surface area contributed by atoms with Gasteiger partial charge < -0.3 is 21.1 Å². The largest absolute Gasteiger partial charge is 0.504 e. The van der Waals surface area contributed by atoms with Crippen molar-refractivity contribution in [3.05, 3.63) is 17.7 Å². The van der Waals surface area contributed by atoms with Crippen molar-refractivity contribution < 1.29 is 19.7 Å². The first kappa shape index (κ1) is 9.60. The van der Waals surface area contributed by atoms with Crippen molar-refractivity contribution >= 4 is 0 Å². The Morgan fingerprint density at radius 2 is 1.85 bits per heavy atom. The van der Waals surface area contributed by atoms with E-state index in [4.69, 9.17) is 15.9 Å². The summed E-state index contributed by atoms with van der Waals surface area (Å²) in [5, 5.41) is 27.2. The molecule has 0 bridgehead atoms. The Bertz CT molecular complexity index is 317. The summed E-state index contributed by atoms with van der Waals surface area (Å²) in [5.41, 5.74) is 5.35. The minimum atomic E-state index is -0.994. The fraction of sp³-hybridized carbons (Fsp3) is 0.250. The van der Waals surface area contributed by atoms with Gasteiger partial charge in [-0.05, 0) is 12.1 Å². The van der Waals surface area contributed by atoms with Gasteiger partial charge in [-0.25, -0.2) is 4.39 Å². The van der Waals surface area contributed by atoms with E-state index < -0.39 is 30.0 Å². The van der Waals surface area contributed by atoms with Crippen molar-refractivity contribution in [1.82, 2.24) is 0 Å². The van der Waals surface area contributed by atoms with Crippen LogP contribution in [0, 0.1) is 0 Å². The SMILES string of the molecule is N[C@H](CF)c1ccc(O)c(O)c1O. The summed E-state index contributed by atoms with van der Waals surface area (Å²) in [5.74, 6) is -1.72. The summed E-state index contributed by atoms with van der Waals surface area (Å²) >= 11 is 0. The molecule has 0 radical (unpaired) electrons. The summed E-state index contributed by atoms with van der Waals surface area (Å²) in [4.78, 5) is 0. The molecule has 72 valence electrons. The van der Waals surface area contributed by atoms with Gasteiger partial charge in [0, 0.05) is 5.56 Å². The van der Waals surface area contributed by atoms with Crippen LogP contribution < -0.4 is 5.73 Å². The highest BCUT2D eigenvalue weighted by atomic mass is 19.1. The number of rotatable bonds is 2. The zero-order chi connectivity index (χ0) is 10.0. The van der Waals surface area contributed by atoms with E-state index in [9.17, 15) is 9.50 Å². The molecule has 1 atom stereocenters. The molecule has 0 aliphatic rings. The second-order valence-electron chi connectivity index (χ2n) is 2.63. The van der Waals surface area contributed by atoms with E-state index in [1.54, 1.807) is 0 Å². The van der Waals surface area contributed by atoms with Gasteiger partial charge >= 0.3 is 0 Å². The molecule has 13 heavy (non-hydrogen) atoms. The quantitative estimate of drug-likeness (QED) is 0.515. The smallest absolute Gasteiger partial charge is 0.200 e. The van der Waals surface area contributed by atoms with Gasteiger partial charge in [0.05, 0.1) is 6.04 Å². The number of halogens is 1. The van der Waals surface area contributed by atoms with Crippen molar-refractivity contribution in [3.63, 3.8) is 0 Å². The van der Waals surface area contributed by atoms with E-state index in [2.05, 4.69) is 0 Å². The van der Waals surface area contributed by atoms with Crippen LogP contribution in [0.3, 0.4) is 0 Å². The molecule has 0 aliphatic carbocycles. The Kier molecular flexibility index (Phi) is 2.57. The molecule has 0 heterocycles. The Balaban J connectivity index is 3.18. The van der Waals surface area contributed by atoms with Gasteiger partial charge in [-0.1, -0.05) is 0 Å². The molecule has 0 aromatic heterocycles. The zero-order valence-corrected chi connectivity index (χ0v) is 6.74. The van der Waals surface area contributed by atoms with Crippen molar-refractivity contribution in [2.45, 2.75) is 6.04 Å². The van der Waals surface area contributed by atoms with Crippen LogP contribution in [0.4, 0.5) is 4.39 Å². The van der Waals surface area contributed by atoms with Gasteiger partial charge in [-0.15, -0.1) is 0 Å². The van der Waals surface area contributed by atoms with Crippen LogP contribution in [0.1, 0.15) is 11.6 Å². The third-order valence-corrected chi connectivity index (χ3v) is 1.73. The minimum Gasteiger partial charge on any atom is -0.504 e. The molecule has 0 unspecified atom stereocenters. The van der Waals surface area contributed by atoms with E-state index in [1.165, 1.54) is 6.07 Å². The molecule has 1 rings (SSSR count). The highest BCUT2D eigenvalue weighted by molar-refractivity contribution is 5.54. The maximum Gasteiger partial charge on any atom is 0.200 e. The predicted octanol–water partition coefficient (Wildman–Crippen LogP) is 0.773. The Morgan fingerprint density at radius 1 is 1.23 bits per heavy atom. The van der Waals surface area contributed by atoms with E-state index in [-0.39, 0.29) is 5.56 Å². The van der Waals surface area contributed by atoms with Crippen molar-refractivity contribution in [1.29, 1.82) is 0 Å². The standard InChI is InChI=1S/C8H10FNO3/c9-3-5(10)4-1-2-6(11)8(13)7(4)12/h1-2,5,11-13H,3,10H2/t5-/m1/s1. The van der Waals surface area contributed by atoms with Gasteiger partial charge in [0.1, 0.15) is 6.67 Å². The first-order chi connectivity index (χ1) is 6.07. The lowest BCUT2D eigenvalue weighted by Gasteiger charge is -2.11. The fourth-order valence-corrected chi connectivity index (χ4v) is 0.967. The molecule has 0 amide bonds. The number of hydrogen-bond donors (Lipinski definition) is 4. The maximum atomic E-state index is 12.1. The van der Waals surface area contributed by atoms with Gasteiger partial charge in [0.15, 0.2) is 11.5 Å². The van der Waals surface area contributed by atoms with Crippen molar-refractivity contribution in [3.8, 4) is 17.2 Å². The third kappa shape index (κ3) is 1.65. The Hall–Kier alpha value is -1.49. The molecular formula is C8H10FNO3. The molecule has 0 aliphatic heterocycles. The maximum absolute atomic E-state index is 12.1. The molecule has 0 spiro atoms. The van der Waals surface area contributed by atoms with Crippen LogP contribution in [-0.4, -0.2) is 22.0 Å². The molecule has 0 fully saturated rings. The average molecular weight is 187 g/mol. The predicted molar refractivity (Wildman–Crippen MR) is 44.3 cm³/mol. The highest BCUT2D eigenvalue weighted by Gasteiger charge is 2.15. The van der Waals surface area contributed by atoms with Crippen molar-refractivity contribution in [2.24, 2.45) is 5.73 Å². The number of aromatic hydroxyl groups is 3. The molecule has 1 aromatic rings. The van der Waals surface area contributed by atoms with Crippen LogP contribution in [0.25, 0.3) is 0 Å². The average Bonchev–Trinajstić information content (AvgIpc) is 2.13. The minimum absolute atomic E-state index is 0.0674. The Labute approximate surface area is 74.0 Å². The number of nitrogens with two attached hydrogens (primary N) is 1. The fourth-order valence-electron chi connectivity index (χ4n) is 0.967. The number of phenolic OH excluding ortho intramolecular Hbond substituents is 3. The monoisotopic (exact) mass is 187 g/mol. The second-order valence-corrected chi connectivity index (χ2v) is 2.63. The lowest BCUT2D eigenvalue weighted by atomic mass is 10.1. The molecule has 1 aromatic carbocycles. The Morgan fingerprint density at radius 3 is 2.38 bits per heavy atom. The number of hydrogen-bond acceptors (Lipinski definition) is 4. The molecule has 0 saturated heterocycles. The van der Waals surface area contributed by atoms with Gasteiger partial charge in [0.2, 0.25) is 5.75 Å². The number of phenols is 3. The zero-order valence-electron chi connectivity index (χ0n) is 6.74. The van der Waals surface area contributed by atoms with Gasteiger partial charge in [-0.3, -0.25) is 0 Å². The summed E-state index contributed by atoms with van der Waals surface area (Å²) in [6, 6.07) is 1.40. The lowest BCUT2D eigenvalue weighted by molar-refractivity contribution is 0.357. The van der Waals surface area contributed by atoms with Crippen molar-refractivity contribution in [2.75, 3.05) is 6.67 Å². The van der Waals surface area contributed by atoms with Crippen LogP contribution in [0.15, 0.2) is 12.1 Å². The van der Waals surface area contributed by atoms with Crippen LogP contribution >= 0.6 is 0 Å². The highest BCUT2D eigenvalue weighted by Crippen LogP contribution is 2.39. The molecular weight excluding hydrogens is 177 g/mol. The first-order valence-electron chi connectivity index (χ1n) is 3.63.